The summed E-state index contributed by atoms with van der Waals surface area (Å²) in [5.74, 6) is -0.317. The number of hydrogen-bond acceptors (Lipinski definition) is 4. The zero-order valence-electron chi connectivity index (χ0n) is 14.8. The van der Waals surface area contributed by atoms with Crippen molar-refractivity contribution in [3.05, 3.63) is 58.9 Å². The van der Waals surface area contributed by atoms with Gasteiger partial charge in [-0.1, -0.05) is 24.8 Å². The van der Waals surface area contributed by atoms with Crippen LogP contribution >= 0.6 is 11.3 Å². The van der Waals surface area contributed by atoms with Gasteiger partial charge in [0.15, 0.2) is 5.13 Å². The number of nitrogens with one attached hydrogen (secondary N) is 1. The molecule has 1 aliphatic carbocycles. The number of nitrogens with zero attached hydrogens (tertiary/aromatic N) is 2. The molecule has 2 fully saturated rings. The van der Waals surface area contributed by atoms with Crippen molar-refractivity contribution in [1.82, 2.24) is 9.88 Å². The van der Waals surface area contributed by atoms with E-state index in [1.807, 2.05) is 6.07 Å². The first-order chi connectivity index (χ1) is 13.0. The Bertz CT molecular complexity index is 900. The Kier molecular flexibility index (Phi) is 4.78. The van der Waals surface area contributed by atoms with Crippen LogP contribution in [0.15, 0.2) is 36.9 Å². The van der Waals surface area contributed by atoms with E-state index in [-0.39, 0.29) is 23.5 Å². The molecule has 2 heterocycles. The molecule has 27 heavy (non-hydrogen) atoms. The van der Waals surface area contributed by atoms with Crippen molar-refractivity contribution < 1.29 is 14.0 Å². The second-order valence-corrected chi connectivity index (χ2v) is 8.09. The monoisotopic (exact) mass is 385 g/mol. The predicted molar refractivity (Wildman–Crippen MR) is 102 cm³/mol. The third-order valence-electron chi connectivity index (χ3n) is 4.97. The fraction of sp³-hybridized carbons (Fsp3) is 0.350. The van der Waals surface area contributed by atoms with Crippen LogP contribution in [0.2, 0.25) is 0 Å². The molecule has 2 aromatic rings. The third kappa shape index (κ3) is 3.78. The molecule has 0 atom stereocenters. The highest BCUT2D eigenvalue weighted by atomic mass is 32.1. The van der Waals surface area contributed by atoms with Crippen LogP contribution in [0.4, 0.5) is 9.52 Å². The Morgan fingerprint density at radius 2 is 2.07 bits per heavy atom. The smallest absolute Gasteiger partial charge is 0.246 e. The van der Waals surface area contributed by atoms with Gasteiger partial charge in [0, 0.05) is 30.3 Å². The van der Waals surface area contributed by atoms with Crippen molar-refractivity contribution >= 4 is 28.3 Å². The summed E-state index contributed by atoms with van der Waals surface area (Å²) in [5.41, 5.74) is 1.62. The third-order valence-corrected chi connectivity index (χ3v) is 5.96. The number of aromatic nitrogens is 1. The maximum Gasteiger partial charge on any atom is 0.246 e. The molecule has 1 saturated heterocycles. The van der Waals surface area contributed by atoms with E-state index in [9.17, 15) is 14.0 Å². The zero-order chi connectivity index (χ0) is 19.0. The Morgan fingerprint density at radius 3 is 2.74 bits per heavy atom. The van der Waals surface area contributed by atoms with Crippen molar-refractivity contribution in [3.63, 3.8) is 0 Å². The van der Waals surface area contributed by atoms with E-state index in [0.717, 1.165) is 23.4 Å². The van der Waals surface area contributed by atoms with Crippen LogP contribution in [-0.4, -0.2) is 34.8 Å². The van der Waals surface area contributed by atoms with E-state index in [4.69, 9.17) is 0 Å². The van der Waals surface area contributed by atoms with Crippen LogP contribution in [0, 0.1) is 11.7 Å². The molecular formula is C20H20FN3O2S. The number of likely N-dealkylation sites (tertiary alicyclic amines) is 1. The van der Waals surface area contributed by atoms with Crippen LogP contribution in [0.1, 0.15) is 34.9 Å². The number of carbonyl (C=O) groups is 2. The fourth-order valence-electron chi connectivity index (χ4n) is 3.20. The minimum Gasteiger partial charge on any atom is -0.337 e. The molecule has 1 N–H and O–H groups in total. The first-order valence-corrected chi connectivity index (χ1v) is 9.82. The van der Waals surface area contributed by atoms with Crippen molar-refractivity contribution in [2.45, 2.75) is 25.2 Å². The van der Waals surface area contributed by atoms with Gasteiger partial charge in [0.1, 0.15) is 5.82 Å². The molecule has 1 aliphatic heterocycles. The summed E-state index contributed by atoms with van der Waals surface area (Å²) in [6.45, 7) is 4.25. The molecule has 1 saturated carbocycles. The summed E-state index contributed by atoms with van der Waals surface area (Å²) in [7, 11) is 0. The van der Waals surface area contributed by atoms with E-state index in [2.05, 4.69) is 16.9 Å². The first-order valence-electron chi connectivity index (χ1n) is 9.00. The number of benzene rings is 1. The second kappa shape index (κ2) is 7.23. The summed E-state index contributed by atoms with van der Waals surface area (Å²) in [6, 6.07) is 6.75. The van der Waals surface area contributed by atoms with Crippen molar-refractivity contribution in [2.75, 3.05) is 18.4 Å². The van der Waals surface area contributed by atoms with Gasteiger partial charge in [0.2, 0.25) is 11.8 Å². The molecule has 140 valence electrons. The molecular weight excluding hydrogens is 365 g/mol. The Morgan fingerprint density at radius 1 is 1.33 bits per heavy atom. The number of halogens is 1. The van der Waals surface area contributed by atoms with Crippen molar-refractivity contribution in [3.8, 4) is 0 Å². The molecule has 2 amide bonds. The predicted octanol–water partition coefficient (Wildman–Crippen LogP) is 3.33. The second-order valence-electron chi connectivity index (χ2n) is 7.00. The number of amides is 2. The molecule has 7 heteroatoms. The maximum atomic E-state index is 14.0. The number of anilines is 1. The normalized spacial score (nSPS) is 16.7. The average molecular weight is 385 g/mol. The summed E-state index contributed by atoms with van der Waals surface area (Å²) in [5, 5.41) is 3.43. The topological polar surface area (TPSA) is 62.3 Å². The minimum absolute atomic E-state index is 0.128. The highest BCUT2D eigenvalue weighted by molar-refractivity contribution is 7.15. The molecule has 0 spiro atoms. The van der Waals surface area contributed by atoms with Crippen LogP contribution < -0.4 is 5.32 Å². The van der Waals surface area contributed by atoms with Crippen LogP contribution in [0.25, 0.3) is 0 Å². The van der Waals surface area contributed by atoms with Gasteiger partial charge in [-0.05, 0) is 30.5 Å². The van der Waals surface area contributed by atoms with Gasteiger partial charge < -0.3 is 10.2 Å². The maximum absolute atomic E-state index is 14.0. The van der Waals surface area contributed by atoms with E-state index >= 15 is 0 Å². The SMILES string of the molecule is C=CC(=O)N1CC(C(=O)Nc2nc(C3CC3)c(Cc3ccccc3F)s2)C1. The molecule has 4 rings (SSSR count). The summed E-state index contributed by atoms with van der Waals surface area (Å²) < 4.78 is 14.0. The quantitative estimate of drug-likeness (QED) is 0.776. The minimum atomic E-state index is -0.225. The molecule has 2 aliphatic rings. The highest BCUT2D eigenvalue weighted by Crippen LogP contribution is 2.44. The fourth-order valence-corrected chi connectivity index (χ4v) is 4.27. The first kappa shape index (κ1) is 17.9. The molecule has 1 aromatic heterocycles. The molecule has 1 aromatic carbocycles. The molecule has 0 bridgehead atoms. The van der Waals surface area contributed by atoms with Gasteiger partial charge >= 0.3 is 0 Å². The Hall–Kier alpha value is -2.54. The highest BCUT2D eigenvalue weighted by Gasteiger charge is 2.36. The van der Waals surface area contributed by atoms with Crippen molar-refractivity contribution in [1.29, 1.82) is 0 Å². The van der Waals surface area contributed by atoms with Gasteiger partial charge in [0.05, 0.1) is 11.6 Å². The number of carbonyl (C=O) groups excluding carboxylic acids is 2. The van der Waals surface area contributed by atoms with Crippen LogP contribution in [0.3, 0.4) is 0 Å². The van der Waals surface area contributed by atoms with Gasteiger partial charge in [-0.15, -0.1) is 11.3 Å². The molecule has 0 unspecified atom stereocenters. The van der Waals surface area contributed by atoms with Crippen molar-refractivity contribution in [2.24, 2.45) is 5.92 Å². The zero-order valence-corrected chi connectivity index (χ0v) is 15.6. The number of thiazole rings is 1. The lowest BCUT2D eigenvalue weighted by Crippen LogP contribution is -2.53. The van der Waals surface area contributed by atoms with E-state index in [1.54, 1.807) is 17.0 Å². The number of rotatable bonds is 6. The Labute approximate surface area is 160 Å². The Balaban J connectivity index is 1.45. The largest absolute Gasteiger partial charge is 0.337 e. The van der Waals surface area contributed by atoms with Gasteiger partial charge in [-0.3, -0.25) is 9.59 Å². The molecule has 0 radical (unpaired) electrons. The summed E-state index contributed by atoms with van der Waals surface area (Å²) in [4.78, 5) is 31.1. The van der Waals surface area contributed by atoms with Gasteiger partial charge in [-0.25, -0.2) is 9.37 Å². The van der Waals surface area contributed by atoms with E-state index in [0.29, 0.717) is 36.1 Å². The lowest BCUT2D eigenvalue weighted by atomic mass is 9.99. The van der Waals surface area contributed by atoms with Crippen LogP contribution in [0.5, 0.6) is 0 Å². The molecule has 5 nitrogen and oxygen atoms in total. The van der Waals surface area contributed by atoms with E-state index in [1.165, 1.54) is 23.5 Å². The van der Waals surface area contributed by atoms with Gasteiger partial charge in [0.25, 0.3) is 0 Å². The lowest BCUT2D eigenvalue weighted by Gasteiger charge is -2.37. The van der Waals surface area contributed by atoms with E-state index < -0.39 is 0 Å². The van der Waals surface area contributed by atoms with Crippen LogP contribution in [-0.2, 0) is 16.0 Å². The summed E-state index contributed by atoms with van der Waals surface area (Å²) in [6.07, 6.45) is 3.91. The average Bonchev–Trinajstić information content (AvgIpc) is 3.38. The number of hydrogen-bond donors (Lipinski definition) is 1. The lowest BCUT2D eigenvalue weighted by molar-refractivity contribution is -0.137. The summed E-state index contributed by atoms with van der Waals surface area (Å²) >= 11 is 1.42. The standard InChI is InChI=1S/C20H20FN3O2S/c1-2-17(25)24-10-14(11-24)19(26)23-20-22-18(12-7-8-12)16(27-20)9-13-5-3-4-6-15(13)21/h2-6,12,14H,1,7-11H2,(H,22,23,26). The van der Waals surface area contributed by atoms with Gasteiger partial charge in [-0.2, -0.15) is 0 Å².